The van der Waals surface area contributed by atoms with Gasteiger partial charge in [-0.3, -0.25) is 9.69 Å². The molecule has 0 radical (unpaired) electrons. The van der Waals surface area contributed by atoms with E-state index in [1.807, 2.05) is 36.2 Å². The third-order valence-corrected chi connectivity index (χ3v) is 5.28. The van der Waals surface area contributed by atoms with Crippen molar-refractivity contribution >= 4 is 21.8 Å². The van der Waals surface area contributed by atoms with Gasteiger partial charge in [-0.25, -0.2) is 0 Å². The number of benzene rings is 2. The Morgan fingerprint density at radius 2 is 1.92 bits per heavy atom. The predicted octanol–water partition coefficient (Wildman–Crippen LogP) is 4.32. The average molecular weight is 401 g/mol. The van der Waals surface area contributed by atoms with Gasteiger partial charge in [0.15, 0.2) is 0 Å². The van der Waals surface area contributed by atoms with Crippen LogP contribution in [0.4, 0.5) is 0 Å². The maximum Gasteiger partial charge on any atom is 0.227 e. The van der Waals surface area contributed by atoms with Gasteiger partial charge in [0.05, 0.1) is 5.92 Å². The molecule has 0 bridgehead atoms. The predicted molar refractivity (Wildman–Crippen MR) is 105 cm³/mol. The van der Waals surface area contributed by atoms with Crippen molar-refractivity contribution in [1.29, 1.82) is 0 Å². The Morgan fingerprint density at radius 3 is 2.68 bits per heavy atom. The van der Waals surface area contributed by atoms with Gasteiger partial charge in [0.25, 0.3) is 0 Å². The number of amides is 1. The van der Waals surface area contributed by atoms with Gasteiger partial charge in [-0.15, -0.1) is 0 Å². The second-order valence-corrected chi connectivity index (χ2v) is 7.80. The van der Waals surface area contributed by atoms with E-state index in [-0.39, 0.29) is 11.8 Å². The van der Waals surface area contributed by atoms with Gasteiger partial charge in [0.2, 0.25) is 5.91 Å². The van der Waals surface area contributed by atoms with Gasteiger partial charge in [-0.05, 0) is 42.6 Å². The Morgan fingerprint density at radius 1 is 1.16 bits per heavy atom. The minimum atomic E-state index is 0.106. The minimum absolute atomic E-state index is 0.106. The molecular formula is C21H25BrN2O. The van der Waals surface area contributed by atoms with Crippen LogP contribution in [0.3, 0.4) is 0 Å². The number of piperidine rings is 1. The Hall–Kier alpha value is -1.65. The zero-order valence-electron chi connectivity index (χ0n) is 14.7. The molecule has 0 saturated carbocycles. The van der Waals surface area contributed by atoms with E-state index >= 15 is 0 Å². The fourth-order valence-electron chi connectivity index (χ4n) is 3.54. The van der Waals surface area contributed by atoms with Crippen molar-refractivity contribution in [2.75, 3.05) is 20.1 Å². The normalized spacial score (nSPS) is 18.1. The van der Waals surface area contributed by atoms with E-state index in [4.69, 9.17) is 0 Å². The van der Waals surface area contributed by atoms with E-state index in [1.54, 1.807) is 0 Å². The summed E-state index contributed by atoms with van der Waals surface area (Å²) in [5.41, 5.74) is 2.47. The Labute approximate surface area is 158 Å². The van der Waals surface area contributed by atoms with E-state index < -0.39 is 0 Å². The molecule has 1 unspecified atom stereocenters. The second-order valence-electron chi connectivity index (χ2n) is 6.88. The molecule has 2 aromatic rings. The number of carbonyl (C=O) groups excluding carboxylic acids is 1. The monoisotopic (exact) mass is 400 g/mol. The molecule has 0 N–H and O–H groups in total. The summed E-state index contributed by atoms with van der Waals surface area (Å²) >= 11 is 3.53. The Kier molecular flexibility index (Phi) is 6.27. The van der Waals surface area contributed by atoms with Gasteiger partial charge in [0.1, 0.15) is 0 Å². The Balaban J connectivity index is 1.57. The lowest BCUT2D eigenvalue weighted by Gasteiger charge is -2.34. The first-order valence-corrected chi connectivity index (χ1v) is 9.67. The molecule has 2 aromatic carbocycles. The molecule has 1 saturated heterocycles. The van der Waals surface area contributed by atoms with Crippen molar-refractivity contribution < 1.29 is 4.79 Å². The summed E-state index contributed by atoms with van der Waals surface area (Å²) in [6.07, 6.45) is 2.08. The summed E-state index contributed by atoms with van der Waals surface area (Å²) in [4.78, 5) is 17.1. The van der Waals surface area contributed by atoms with Gasteiger partial charge < -0.3 is 4.90 Å². The molecule has 132 valence electrons. The molecule has 4 heteroatoms. The standard InChI is InChI=1S/C21H25BrN2O/c1-23(14-17-7-3-2-4-8-17)21(25)19-10-6-12-24(16-19)15-18-9-5-11-20(22)13-18/h2-5,7-9,11,13,19H,6,10,12,14-16H2,1H3. The van der Waals surface area contributed by atoms with Crippen LogP contribution >= 0.6 is 15.9 Å². The molecule has 0 spiro atoms. The van der Waals surface area contributed by atoms with Crippen molar-refractivity contribution in [3.05, 3.63) is 70.2 Å². The maximum absolute atomic E-state index is 12.8. The molecule has 0 aromatic heterocycles. The molecule has 1 aliphatic heterocycles. The van der Waals surface area contributed by atoms with Crippen LogP contribution < -0.4 is 0 Å². The molecule has 3 rings (SSSR count). The lowest BCUT2D eigenvalue weighted by molar-refractivity contribution is -0.136. The van der Waals surface area contributed by atoms with Crippen LogP contribution in [0, 0.1) is 5.92 Å². The van der Waals surface area contributed by atoms with E-state index in [2.05, 4.69) is 51.2 Å². The summed E-state index contributed by atoms with van der Waals surface area (Å²) in [6.45, 7) is 3.51. The molecule has 0 aliphatic carbocycles. The number of nitrogens with zero attached hydrogens (tertiary/aromatic N) is 2. The fraction of sp³-hybridized carbons (Fsp3) is 0.381. The molecule has 25 heavy (non-hydrogen) atoms. The topological polar surface area (TPSA) is 23.6 Å². The number of hydrogen-bond acceptors (Lipinski definition) is 2. The number of hydrogen-bond donors (Lipinski definition) is 0. The third-order valence-electron chi connectivity index (χ3n) is 4.79. The first kappa shape index (κ1) is 18.2. The van der Waals surface area contributed by atoms with Crippen LogP contribution in [0.2, 0.25) is 0 Å². The van der Waals surface area contributed by atoms with Gasteiger partial charge in [-0.2, -0.15) is 0 Å². The highest BCUT2D eigenvalue weighted by Crippen LogP contribution is 2.22. The van der Waals surface area contributed by atoms with Gasteiger partial charge in [0, 0.05) is 31.2 Å². The van der Waals surface area contributed by atoms with Crippen LogP contribution in [0.25, 0.3) is 0 Å². The van der Waals surface area contributed by atoms with Crippen molar-refractivity contribution in [1.82, 2.24) is 9.80 Å². The first-order valence-electron chi connectivity index (χ1n) is 8.87. The second kappa shape index (κ2) is 8.63. The minimum Gasteiger partial charge on any atom is -0.341 e. The number of halogens is 1. The van der Waals surface area contributed by atoms with Crippen molar-refractivity contribution in [3.63, 3.8) is 0 Å². The van der Waals surface area contributed by atoms with Crippen LogP contribution in [0.15, 0.2) is 59.1 Å². The highest BCUT2D eigenvalue weighted by molar-refractivity contribution is 9.10. The smallest absolute Gasteiger partial charge is 0.227 e. The van der Waals surface area contributed by atoms with Gasteiger partial charge in [-0.1, -0.05) is 58.4 Å². The summed E-state index contributed by atoms with van der Waals surface area (Å²) in [6, 6.07) is 18.6. The average Bonchev–Trinajstić information content (AvgIpc) is 2.62. The number of carbonyl (C=O) groups is 1. The molecule has 1 amide bonds. The fourth-order valence-corrected chi connectivity index (χ4v) is 3.99. The zero-order chi connectivity index (χ0) is 17.6. The first-order chi connectivity index (χ1) is 12.1. The van der Waals surface area contributed by atoms with Crippen LogP contribution in [-0.2, 0) is 17.9 Å². The van der Waals surface area contributed by atoms with E-state index in [0.717, 1.165) is 36.9 Å². The van der Waals surface area contributed by atoms with Crippen LogP contribution in [0.1, 0.15) is 24.0 Å². The van der Waals surface area contributed by atoms with Crippen molar-refractivity contribution in [2.24, 2.45) is 5.92 Å². The van der Waals surface area contributed by atoms with E-state index in [9.17, 15) is 4.79 Å². The highest BCUT2D eigenvalue weighted by atomic mass is 79.9. The lowest BCUT2D eigenvalue weighted by Crippen LogP contribution is -2.43. The molecule has 1 aliphatic rings. The van der Waals surface area contributed by atoms with Crippen molar-refractivity contribution in [2.45, 2.75) is 25.9 Å². The largest absolute Gasteiger partial charge is 0.341 e. The maximum atomic E-state index is 12.8. The van der Waals surface area contributed by atoms with Crippen LogP contribution in [0.5, 0.6) is 0 Å². The summed E-state index contributed by atoms with van der Waals surface area (Å²) in [5, 5.41) is 0. The lowest BCUT2D eigenvalue weighted by atomic mass is 9.96. The molecule has 1 heterocycles. The number of likely N-dealkylation sites (tertiary alicyclic amines) is 1. The summed E-state index contributed by atoms with van der Waals surface area (Å²) in [7, 11) is 1.92. The van der Waals surface area contributed by atoms with Crippen molar-refractivity contribution in [3.8, 4) is 0 Å². The molecular weight excluding hydrogens is 376 g/mol. The summed E-state index contributed by atoms with van der Waals surface area (Å²) in [5.74, 6) is 0.373. The molecule has 3 nitrogen and oxygen atoms in total. The quantitative estimate of drug-likeness (QED) is 0.745. The SMILES string of the molecule is CN(Cc1ccccc1)C(=O)C1CCCN(Cc2cccc(Br)c2)C1. The molecule has 1 atom stereocenters. The van der Waals surface area contributed by atoms with Gasteiger partial charge >= 0.3 is 0 Å². The Bertz CT molecular complexity index is 704. The zero-order valence-corrected chi connectivity index (χ0v) is 16.3. The number of rotatable bonds is 5. The third kappa shape index (κ3) is 5.16. The molecule has 1 fully saturated rings. The van der Waals surface area contributed by atoms with E-state index in [0.29, 0.717) is 6.54 Å². The summed E-state index contributed by atoms with van der Waals surface area (Å²) < 4.78 is 1.11. The van der Waals surface area contributed by atoms with Crippen LogP contribution in [-0.4, -0.2) is 35.8 Å². The van der Waals surface area contributed by atoms with E-state index in [1.165, 1.54) is 11.1 Å². The highest BCUT2D eigenvalue weighted by Gasteiger charge is 2.28.